The lowest BCUT2D eigenvalue weighted by molar-refractivity contribution is -0.137. The zero-order valence-corrected chi connectivity index (χ0v) is 6.67. The first-order valence-electron chi connectivity index (χ1n) is 3.38. The van der Waals surface area contributed by atoms with Gasteiger partial charge in [-0.05, 0) is 6.07 Å². The summed E-state index contributed by atoms with van der Waals surface area (Å²) < 4.78 is 36.6. The number of rotatable bonds is 1. The third-order valence-electron chi connectivity index (χ3n) is 1.46. The van der Waals surface area contributed by atoms with E-state index in [4.69, 9.17) is 10.8 Å². The molecule has 0 aliphatic rings. The lowest BCUT2D eigenvalue weighted by Crippen LogP contribution is -2.12. The van der Waals surface area contributed by atoms with Crippen molar-refractivity contribution in [1.29, 1.82) is 0 Å². The summed E-state index contributed by atoms with van der Waals surface area (Å²) in [7, 11) is 0. The van der Waals surface area contributed by atoms with Gasteiger partial charge in [0.15, 0.2) is 0 Å². The smallest absolute Gasteiger partial charge is 0.418 e. The van der Waals surface area contributed by atoms with Crippen molar-refractivity contribution < 1.29 is 23.1 Å². The average molecular weight is 206 g/mol. The normalized spacial score (nSPS) is 11.4. The Hall–Kier alpha value is -1.79. The molecule has 1 rings (SSSR count). The van der Waals surface area contributed by atoms with Crippen LogP contribution in [0.1, 0.15) is 16.1 Å². The molecule has 0 atom stereocenters. The van der Waals surface area contributed by atoms with Crippen molar-refractivity contribution in [3.05, 3.63) is 23.5 Å². The van der Waals surface area contributed by atoms with Crippen molar-refractivity contribution in [1.82, 2.24) is 4.98 Å². The summed E-state index contributed by atoms with van der Waals surface area (Å²) in [5, 5.41) is 8.40. The van der Waals surface area contributed by atoms with Gasteiger partial charge in [0.25, 0.3) is 0 Å². The Morgan fingerprint density at radius 2 is 2.07 bits per heavy atom. The van der Waals surface area contributed by atoms with Crippen LogP contribution in [0.2, 0.25) is 0 Å². The third-order valence-corrected chi connectivity index (χ3v) is 1.46. The van der Waals surface area contributed by atoms with Crippen LogP contribution in [0.25, 0.3) is 0 Å². The van der Waals surface area contributed by atoms with Crippen molar-refractivity contribution in [2.24, 2.45) is 0 Å². The second kappa shape index (κ2) is 3.17. The van der Waals surface area contributed by atoms with Gasteiger partial charge < -0.3 is 10.8 Å². The first-order chi connectivity index (χ1) is 6.32. The number of carbonyl (C=O) groups is 1. The number of hydrogen-bond acceptors (Lipinski definition) is 3. The van der Waals surface area contributed by atoms with Crippen LogP contribution < -0.4 is 5.73 Å². The topological polar surface area (TPSA) is 76.2 Å². The zero-order chi connectivity index (χ0) is 10.9. The van der Waals surface area contributed by atoms with E-state index in [-0.39, 0.29) is 0 Å². The summed E-state index contributed by atoms with van der Waals surface area (Å²) in [6.45, 7) is 0. The Balaban J connectivity index is 3.29. The predicted molar refractivity (Wildman–Crippen MR) is 40.6 cm³/mol. The van der Waals surface area contributed by atoms with Gasteiger partial charge in [-0.2, -0.15) is 13.2 Å². The highest BCUT2D eigenvalue weighted by Crippen LogP contribution is 2.33. The van der Waals surface area contributed by atoms with Gasteiger partial charge in [0.1, 0.15) is 5.69 Å². The molecule has 0 spiro atoms. The van der Waals surface area contributed by atoms with Crippen LogP contribution in [0.5, 0.6) is 0 Å². The molecule has 0 fully saturated rings. The standard InChI is InChI=1S/C7H5F3N2O2/c8-7(9,10)3-1-5(6(13)14)12-2-4(3)11/h1-2H,11H2,(H,13,14). The molecule has 76 valence electrons. The zero-order valence-electron chi connectivity index (χ0n) is 6.67. The van der Waals surface area contributed by atoms with Gasteiger partial charge in [-0.15, -0.1) is 0 Å². The number of halogens is 3. The Morgan fingerprint density at radius 3 is 2.50 bits per heavy atom. The number of aromatic carboxylic acids is 1. The van der Waals surface area contributed by atoms with Crippen LogP contribution in [0.15, 0.2) is 12.3 Å². The van der Waals surface area contributed by atoms with Crippen molar-refractivity contribution >= 4 is 11.7 Å². The molecule has 0 saturated heterocycles. The quantitative estimate of drug-likeness (QED) is 0.727. The van der Waals surface area contributed by atoms with Crippen LogP contribution >= 0.6 is 0 Å². The fourth-order valence-corrected chi connectivity index (χ4v) is 0.828. The van der Waals surface area contributed by atoms with E-state index in [2.05, 4.69) is 4.98 Å². The molecule has 1 aromatic rings. The van der Waals surface area contributed by atoms with Crippen LogP contribution in [0.3, 0.4) is 0 Å². The van der Waals surface area contributed by atoms with E-state index in [0.717, 1.165) is 0 Å². The summed E-state index contributed by atoms with van der Waals surface area (Å²) in [5.41, 5.74) is 2.53. The minimum absolute atomic E-state index is 0.400. The first kappa shape index (κ1) is 10.3. The number of nitrogen functional groups attached to an aromatic ring is 1. The molecule has 0 bridgehead atoms. The Bertz CT molecular complexity index is 376. The van der Waals surface area contributed by atoms with Gasteiger partial charge in [-0.25, -0.2) is 9.78 Å². The summed E-state index contributed by atoms with van der Waals surface area (Å²) in [6.07, 6.45) is -4.00. The largest absolute Gasteiger partial charge is 0.477 e. The SMILES string of the molecule is Nc1cnc(C(=O)O)cc1C(F)(F)F. The van der Waals surface area contributed by atoms with E-state index in [9.17, 15) is 18.0 Å². The van der Waals surface area contributed by atoms with E-state index in [1.165, 1.54) is 0 Å². The van der Waals surface area contributed by atoms with E-state index >= 15 is 0 Å². The van der Waals surface area contributed by atoms with Crippen LogP contribution in [0.4, 0.5) is 18.9 Å². The number of alkyl halides is 3. The van der Waals surface area contributed by atoms with E-state index in [0.29, 0.717) is 12.3 Å². The van der Waals surface area contributed by atoms with Gasteiger partial charge in [0.2, 0.25) is 0 Å². The number of nitrogens with zero attached hydrogens (tertiary/aromatic N) is 1. The maximum atomic E-state index is 12.2. The van der Waals surface area contributed by atoms with E-state index in [1.54, 1.807) is 0 Å². The van der Waals surface area contributed by atoms with Gasteiger partial charge >= 0.3 is 12.1 Å². The number of pyridine rings is 1. The third kappa shape index (κ3) is 1.93. The summed E-state index contributed by atoms with van der Waals surface area (Å²) >= 11 is 0. The predicted octanol–water partition coefficient (Wildman–Crippen LogP) is 1.38. The molecule has 0 aliphatic heterocycles. The molecule has 0 saturated carbocycles. The Kier molecular flexibility index (Phi) is 2.33. The fraction of sp³-hybridized carbons (Fsp3) is 0.143. The molecule has 14 heavy (non-hydrogen) atoms. The molecule has 4 nitrogen and oxygen atoms in total. The minimum atomic E-state index is -4.67. The maximum absolute atomic E-state index is 12.2. The monoisotopic (exact) mass is 206 g/mol. The molecule has 0 unspecified atom stereocenters. The van der Waals surface area contributed by atoms with E-state index in [1.807, 2.05) is 0 Å². The maximum Gasteiger partial charge on any atom is 0.418 e. The highest BCUT2D eigenvalue weighted by molar-refractivity contribution is 5.86. The lowest BCUT2D eigenvalue weighted by atomic mass is 10.2. The molecule has 0 radical (unpaired) electrons. The highest BCUT2D eigenvalue weighted by Gasteiger charge is 2.34. The second-order valence-corrected chi connectivity index (χ2v) is 2.46. The summed E-state index contributed by atoms with van der Waals surface area (Å²) in [4.78, 5) is 13.5. The van der Waals surface area contributed by atoms with Crippen molar-refractivity contribution in [2.45, 2.75) is 6.18 Å². The van der Waals surface area contributed by atoms with Gasteiger partial charge in [0, 0.05) is 0 Å². The molecule has 0 aromatic carbocycles. The molecule has 3 N–H and O–H groups in total. The van der Waals surface area contributed by atoms with Crippen LogP contribution in [-0.4, -0.2) is 16.1 Å². The summed E-state index contributed by atoms with van der Waals surface area (Å²) in [5.74, 6) is -1.53. The number of anilines is 1. The number of carboxylic acid groups (broad SMARTS) is 1. The van der Waals surface area contributed by atoms with Gasteiger partial charge in [0.05, 0.1) is 17.4 Å². The number of nitrogens with two attached hydrogens (primary N) is 1. The average Bonchev–Trinajstić information content (AvgIpc) is 2.02. The van der Waals surface area contributed by atoms with Gasteiger partial charge in [-0.1, -0.05) is 0 Å². The minimum Gasteiger partial charge on any atom is -0.477 e. The van der Waals surface area contributed by atoms with Crippen molar-refractivity contribution in [3.63, 3.8) is 0 Å². The van der Waals surface area contributed by atoms with Crippen molar-refractivity contribution in [3.8, 4) is 0 Å². The first-order valence-corrected chi connectivity index (χ1v) is 3.38. The molecular formula is C7H5F3N2O2. The van der Waals surface area contributed by atoms with Crippen molar-refractivity contribution in [2.75, 3.05) is 5.73 Å². The number of hydrogen-bond donors (Lipinski definition) is 2. The molecule has 0 amide bonds. The van der Waals surface area contributed by atoms with Crippen LogP contribution in [0, 0.1) is 0 Å². The Labute approximate surface area is 76.2 Å². The van der Waals surface area contributed by atoms with Crippen LogP contribution in [-0.2, 0) is 6.18 Å². The molecule has 1 heterocycles. The number of carboxylic acids is 1. The lowest BCUT2D eigenvalue weighted by Gasteiger charge is -2.09. The molecule has 0 aliphatic carbocycles. The second-order valence-electron chi connectivity index (χ2n) is 2.46. The highest BCUT2D eigenvalue weighted by atomic mass is 19.4. The number of aromatic nitrogens is 1. The molecular weight excluding hydrogens is 201 g/mol. The Morgan fingerprint density at radius 1 is 1.50 bits per heavy atom. The molecule has 7 heteroatoms. The summed E-state index contributed by atoms with van der Waals surface area (Å²) in [6, 6.07) is 0.400. The molecule has 1 aromatic heterocycles. The van der Waals surface area contributed by atoms with E-state index < -0.39 is 29.1 Å². The fourth-order valence-electron chi connectivity index (χ4n) is 0.828. The van der Waals surface area contributed by atoms with Gasteiger partial charge in [-0.3, -0.25) is 0 Å².